The van der Waals surface area contributed by atoms with Gasteiger partial charge in [-0.1, -0.05) is 97.1 Å². The minimum Gasteiger partial charge on any atom is -0.377 e. The van der Waals surface area contributed by atoms with E-state index in [4.69, 9.17) is 14.2 Å². The Morgan fingerprint density at radius 2 is 1.56 bits per heavy atom. The molecule has 2 aliphatic heterocycles. The topological polar surface area (TPSA) is 75.0 Å². The van der Waals surface area contributed by atoms with Crippen molar-refractivity contribution in [1.29, 1.82) is 5.26 Å². The fourth-order valence-corrected chi connectivity index (χ4v) is 8.00. The van der Waals surface area contributed by atoms with Gasteiger partial charge in [0.15, 0.2) is 5.79 Å². The molecular weight excluding hydrogens is 629 g/mol. The van der Waals surface area contributed by atoms with Gasteiger partial charge in [0.1, 0.15) is 24.1 Å². The molecular formula is C42H44FN3O4. The van der Waals surface area contributed by atoms with Gasteiger partial charge in [0.25, 0.3) is 0 Å². The smallest absolute Gasteiger partial charge is 0.321 e. The van der Waals surface area contributed by atoms with Gasteiger partial charge in [0, 0.05) is 25.6 Å². The molecule has 2 amide bonds. The molecule has 0 aromatic heterocycles. The maximum atomic E-state index is 15.3. The fourth-order valence-electron chi connectivity index (χ4n) is 8.00. The van der Waals surface area contributed by atoms with E-state index in [1.54, 1.807) is 12.1 Å². The molecule has 0 bridgehead atoms. The van der Waals surface area contributed by atoms with Crippen LogP contribution in [0.25, 0.3) is 0 Å². The first-order chi connectivity index (χ1) is 24.3. The Balaban J connectivity index is 1.25. The van der Waals surface area contributed by atoms with Gasteiger partial charge in [0.05, 0.1) is 23.8 Å². The van der Waals surface area contributed by atoms with Gasteiger partial charge in [-0.05, 0) is 73.9 Å². The van der Waals surface area contributed by atoms with Crippen LogP contribution >= 0.6 is 0 Å². The molecule has 1 unspecified atom stereocenters. The molecule has 1 saturated carbocycles. The van der Waals surface area contributed by atoms with Crippen LogP contribution in [0.1, 0.15) is 66.8 Å². The van der Waals surface area contributed by atoms with Crippen LogP contribution in [-0.4, -0.2) is 58.6 Å². The maximum absolute atomic E-state index is 15.3. The van der Waals surface area contributed by atoms with Crippen molar-refractivity contribution >= 4 is 6.03 Å². The first-order valence-corrected chi connectivity index (χ1v) is 17.6. The monoisotopic (exact) mass is 673 g/mol. The van der Waals surface area contributed by atoms with Crippen LogP contribution in [0, 0.1) is 17.1 Å². The molecule has 258 valence electrons. The van der Waals surface area contributed by atoms with Crippen molar-refractivity contribution in [3.63, 3.8) is 0 Å². The van der Waals surface area contributed by atoms with Gasteiger partial charge in [-0.25, -0.2) is 9.18 Å². The summed E-state index contributed by atoms with van der Waals surface area (Å²) in [4.78, 5) is 19.2. The van der Waals surface area contributed by atoms with Gasteiger partial charge in [-0.2, -0.15) is 5.26 Å². The molecule has 50 heavy (non-hydrogen) atoms. The van der Waals surface area contributed by atoms with Crippen LogP contribution in [0.3, 0.4) is 0 Å². The summed E-state index contributed by atoms with van der Waals surface area (Å²) in [6.07, 6.45) is 2.02. The second-order valence-corrected chi connectivity index (χ2v) is 14.2. The minimum absolute atomic E-state index is 0.0426. The average molecular weight is 674 g/mol. The van der Waals surface area contributed by atoms with Crippen molar-refractivity contribution in [3.05, 3.63) is 143 Å². The second-order valence-electron chi connectivity index (χ2n) is 14.2. The molecule has 3 aliphatic rings. The number of nitrogens with zero attached hydrogens (tertiary/aromatic N) is 3. The summed E-state index contributed by atoms with van der Waals surface area (Å²) in [6.45, 7) is 5.75. The van der Waals surface area contributed by atoms with E-state index in [0.29, 0.717) is 31.7 Å². The van der Waals surface area contributed by atoms with E-state index in [1.807, 2.05) is 79.4 Å². The SMILES string of the molecule is CC1(C)O[C@H]2[C@@H](Cc3ccccc3)N(Cc3ccc(F)c(C#N)c3)C(=O)N(CCCCOCc3ccccc3)C3(C[C@@H]3c3ccccc3)[C@@H]2O1. The summed E-state index contributed by atoms with van der Waals surface area (Å²) in [5.74, 6) is -1.37. The van der Waals surface area contributed by atoms with Gasteiger partial charge >= 0.3 is 6.03 Å². The van der Waals surface area contributed by atoms with Crippen molar-refractivity contribution in [3.8, 4) is 6.07 Å². The number of urea groups is 1. The first kappa shape index (κ1) is 33.9. The molecule has 8 heteroatoms. The molecule has 2 heterocycles. The highest BCUT2D eigenvalue weighted by molar-refractivity contribution is 5.78. The van der Waals surface area contributed by atoms with Gasteiger partial charge in [0.2, 0.25) is 0 Å². The van der Waals surface area contributed by atoms with Crippen molar-refractivity contribution in [2.75, 3.05) is 13.2 Å². The highest BCUT2D eigenvalue weighted by atomic mass is 19.1. The lowest BCUT2D eigenvalue weighted by Crippen LogP contribution is -2.53. The number of rotatable bonds is 12. The van der Waals surface area contributed by atoms with E-state index >= 15 is 4.79 Å². The van der Waals surface area contributed by atoms with Crippen molar-refractivity contribution in [1.82, 2.24) is 9.80 Å². The molecule has 5 atom stereocenters. The molecule has 7 rings (SSSR count). The van der Waals surface area contributed by atoms with Gasteiger partial charge < -0.3 is 24.0 Å². The number of halogens is 1. The van der Waals surface area contributed by atoms with E-state index in [2.05, 4.69) is 41.3 Å². The molecule has 0 N–H and O–H groups in total. The lowest BCUT2D eigenvalue weighted by Gasteiger charge is -2.38. The summed E-state index contributed by atoms with van der Waals surface area (Å²) in [7, 11) is 0. The number of benzene rings is 4. The molecule has 4 aromatic rings. The van der Waals surface area contributed by atoms with Crippen LogP contribution < -0.4 is 0 Å². The summed E-state index contributed by atoms with van der Waals surface area (Å²) >= 11 is 0. The van der Waals surface area contributed by atoms with Crippen molar-refractivity contribution in [2.24, 2.45) is 0 Å². The predicted octanol–water partition coefficient (Wildman–Crippen LogP) is 7.99. The third kappa shape index (κ3) is 6.91. The highest BCUT2D eigenvalue weighted by Gasteiger charge is 2.72. The minimum atomic E-state index is -0.867. The Hall–Kier alpha value is -4.55. The highest BCUT2D eigenvalue weighted by Crippen LogP contribution is 2.63. The summed E-state index contributed by atoms with van der Waals surface area (Å²) in [5, 5.41) is 9.63. The number of carbonyl (C=O) groups is 1. The Morgan fingerprint density at radius 3 is 2.26 bits per heavy atom. The molecule has 1 spiro atoms. The number of unbranched alkanes of at least 4 members (excludes halogenated alkanes) is 1. The van der Waals surface area contributed by atoms with Gasteiger partial charge in [-0.15, -0.1) is 0 Å². The van der Waals surface area contributed by atoms with E-state index in [-0.39, 0.29) is 36.2 Å². The lowest BCUT2D eigenvalue weighted by molar-refractivity contribution is -0.159. The van der Waals surface area contributed by atoms with Crippen molar-refractivity contribution < 1.29 is 23.4 Å². The second kappa shape index (κ2) is 14.4. The number of nitriles is 1. The zero-order valence-electron chi connectivity index (χ0n) is 28.7. The molecule has 3 fully saturated rings. The van der Waals surface area contributed by atoms with Crippen LogP contribution in [0.5, 0.6) is 0 Å². The molecule has 0 radical (unpaired) electrons. The summed E-state index contributed by atoms with van der Waals surface area (Å²) in [5.41, 5.74) is 3.40. The largest absolute Gasteiger partial charge is 0.377 e. The zero-order chi connectivity index (χ0) is 34.7. The molecule has 2 saturated heterocycles. The predicted molar refractivity (Wildman–Crippen MR) is 188 cm³/mol. The standard InChI is InChI=1S/C42H44FN3O4/c1-41(2)49-38-37(25-30-14-6-3-7-15-30)45(28-32-20-21-36(43)34(24-32)27-44)40(47)46(22-12-13-23-48-29-31-16-8-4-9-17-31)42(39(38)50-41)26-35(42)33-18-10-5-11-19-33/h3-11,14-21,24,35,37-39H,12-13,22-23,25-26,28-29H2,1-2H3/t35-,37-,38+,39-,42?/m1/s1. The van der Waals surface area contributed by atoms with E-state index in [0.717, 1.165) is 30.4 Å². The zero-order valence-corrected chi connectivity index (χ0v) is 28.7. The Bertz CT molecular complexity index is 1820. The third-order valence-electron chi connectivity index (χ3n) is 10.4. The Labute approximate surface area is 294 Å². The van der Waals surface area contributed by atoms with Gasteiger partial charge in [-0.3, -0.25) is 0 Å². The first-order valence-electron chi connectivity index (χ1n) is 17.6. The van der Waals surface area contributed by atoms with Crippen LogP contribution in [0.2, 0.25) is 0 Å². The number of hydrogen-bond donors (Lipinski definition) is 0. The molecule has 7 nitrogen and oxygen atoms in total. The number of hydrogen-bond acceptors (Lipinski definition) is 5. The maximum Gasteiger partial charge on any atom is 0.321 e. The lowest BCUT2D eigenvalue weighted by atomic mass is 9.90. The molecule has 4 aromatic carbocycles. The fraction of sp³-hybridized carbons (Fsp3) is 0.381. The molecule has 1 aliphatic carbocycles. The van der Waals surface area contributed by atoms with E-state index < -0.39 is 23.2 Å². The Morgan fingerprint density at radius 1 is 0.880 bits per heavy atom. The average Bonchev–Trinajstić information content (AvgIpc) is 3.80. The quantitative estimate of drug-likeness (QED) is 0.143. The van der Waals surface area contributed by atoms with Crippen LogP contribution in [0.4, 0.5) is 9.18 Å². The number of fused-ring (bicyclic) bond motifs is 2. The summed E-state index contributed by atoms with van der Waals surface area (Å²) in [6, 6.07) is 36.6. The number of carbonyl (C=O) groups excluding carboxylic acids is 1. The number of amides is 2. The number of ether oxygens (including phenoxy) is 3. The van der Waals surface area contributed by atoms with E-state index in [1.165, 1.54) is 11.6 Å². The van der Waals surface area contributed by atoms with Crippen LogP contribution in [-0.2, 0) is 33.8 Å². The Kier molecular flexibility index (Phi) is 9.74. The third-order valence-corrected chi connectivity index (χ3v) is 10.4. The van der Waals surface area contributed by atoms with Crippen molar-refractivity contribution in [2.45, 2.75) is 88.2 Å². The van der Waals surface area contributed by atoms with Crippen LogP contribution in [0.15, 0.2) is 109 Å². The normalized spacial score (nSPS) is 25.3. The van der Waals surface area contributed by atoms with E-state index in [9.17, 15) is 9.65 Å². The summed E-state index contributed by atoms with van der Waals surface area (Å²) < 4.78 is 34.2.